The number of aromatic nitrogens is 2. The summed E-state index contributed by atoms with van der Waals surface area (Å²) in [5, 5.41) is 8.86. The van der Waals surface area contributed by atoms with Crippen LogP contribution in [0.4, 0.5) is 0 Å². The number of carbonyl (C=O) groups excluding carboxylic acids is 1. The molecule has 0 spiro atoms. The van der Waals surface area contributed by atoms with E-state index < -0.39 is 0 Å². The van der Waals surface area contributed by atoms with E-state index in [1.54, 1.807) is 22.7 Å². The highest BCUT2D eigenvalue weighted by molar-refractivity contribution is 7.10. The summed E-state index contributed by atoms with van der Waals surface area (Å²) in [6.45, 7) is 5.42. The third-order valence-corrected chi connectivity index (χ3v) is 7.05. The number of para-hydroxylation sites is 1. The lowest BCUT2D eigenvalue weighted by molar-refractivity contribution is -0.131. The molecular weight excluding hydrogens is 410 g/mol. The van der Waals surface area contributed by atoms with Crippen molar-refractivity contribution >= 4 is 28.6 Å². The van der Waals surface area contributed by atoms with Gasteiger partial charge < -0.3 is 4.90 Å². The molecule has 0 aliphatic heterocycles. The molecule has 0 aliphatic rings. The van der Waals surface area contributed by atoms with Gasteiger partial charge in [0.1, 0.15) is 0 Å². The molecule has 0 N–H and O–H groups in total. The van der Waals surface area contributed by atoms with Crippen molar-refractivity contribution in [2.45, 2.75) is 33.2 Å². The number of rotatable bonds is 8. The lowest BCUT2D eigenvalue weighted by atomic mass is 10.1. The van der Waals surface area contributed by atoms with Crippen LogP contribution < -0.4 is 0 Å². The molecular formula is C24H25N3OS2. The fourth-order valence-electron chi connectivity index (χ4n) is 3.60. The first kappa shape index (κ1) is 20.6. The zero-order chi connectivity index (χ0) is 20.9. The summed E-state index contributed by atoms with van der Waals surface area (Å²) in [6, 6.07) is 18.4. The number of thiophene rings is 2. The van der Waals surface area contributed by atoms with Crippen LogP contribution in [0, 0.1) is 13.8 Å². The van der Waals surface area contributed by atoms with Crippen molar-refractivity contribution in [3.63, 3.8) is 0 Å². The number of hydrogen-bond donors (Lipinski definition) is 0. The first-order valence-electron chi connectivity index (χ1n) is 10.0. The Bertz CT molecular complexity index is 1080. The van der Waals surface area contributed by atoms with Gasteiger partial charge in [-0.3, -0.25) is 4.79 Å². The zero-order valence-electron chi connectivity index (χ0n) is 17.2. The first-order valence-corrected chi connectivity index (χ1v) is 11.8. The van der Waals surface area contributed by atoms with Crippen molar-refractivity contribution in [2.24, 2.45) is 0 Å². The van der Waals surface area contributed by atoms with E-state index in [1.807, 2.05) is 59.8 Å². The maximum atomic E-state index is 13.3. The fraction of sp³-hybridized carbons (Fsp3) is 0.250. The molecule has 1 amide bonds. The molecule has 30 heavy (non-hydrogen) atoms. The Kier molecular flexibility index (Phi) is 6.45. The Labute approximate surface area is 185 Å². The number of aryl methyl sites for hydroxylation is 1. The van der Waals surface area contributed by atoms with Gasteiger partial charge >= 0.3 is 0 Å². The fourth-order valence-corrected chi connectivity index (χ4v) is 5.01. The van der Waals surface area contributed by atoms with Crippen molar-refractivity contribution in [3.8, 4) is 5.69 Å². The number of hydrogen-bond acceptors (Lipinski definition) is 4. The molecule has 4 aromatic rings. The van der Waals surface area contributed by atoms with Crippen LogP contribution in [0.25, 0.3) is 5.69 Å². The summed E-state index contributed by atoms with van der Waals surface area (Å²) in [6.07, 6.45) is 1.26. The Morgan fingerprint density at radius 3 is 2.33 bits per heavy atom. The molecule has 1 aromatic carbocycles. The Morgan fingerprint density at radius 2 is 1.67 bits per heavy atom. The van der Waals surface area contributed by atoms with Gasteiger partial charge in [0.15, 0.2) is 0 Å². The molecule has 4 nitrogen and oxygen atoms in total. The molecule has 0 atom stereocenters. The maximum Gasteiger partial charge on any atom is 0.227 e. The van der Waals surface area contributed by atoms with E-state index in [-0.39, 0.29) is 5.91 Å². The van der Waals surface area contributed by atoms with Crippen LogP contribution in [-0.4, -0.2) is 27.1 Å². The summed E-state index contributed by atoms with van der Waals surface area (Å²) >= 11 is 3.44. The van der Waals surface area contributed by atoms with Crippen LogP contribution in [0.1, 0.15) is 26.7 Å². The van der Waals surface area contributed by atoms with Gasteiger partial charge in [-0.25, -0.2) is 4.68 Å². The average molecular weight is 436 g/mol. The monoisotopic (exact) mass is 435 g/mol. The predicted octanol–water partition coefficient (Wildman–Crippen LogP) is 5.43. The Hall–Kier alpha value is -2.70. The van der Waals surface area contributed by atoms with Crippen molar-refractivity contribution in [1.82, 2.24) is 14.7 Å². The maximum absolute atomic E-state index is 13.3. The van der Waals surface area contributed by atoms with Crippen molar-refractivity contribution in [3.05, 3.63) is 92.1 Å². The minimum atomic E-state index is 0.152. The molecule has 154 valence electrons. The van der Waals surface area contributed by atoms with Gasteiger partial charge in [-0.2, -0.15) is 5.10 Å². The van der Waals surface area contributed by atoms with Gasteiger partial charge in [0, 0.05) is 27.6 Å². The Balaban J connectivity index is 1.53. The van der Waals surface area contributed by atoms with Gasteiger partial charge in [-0.1, -0.05) is 30.3 Å². The number of amides is 1. The molecule has 0 unspecified atom stereocenters. The standard InChI is InChI=1S/C24H25N3OS2/c1-18-23(19(2)27(25-18)20-8-4-3-5-9-20)16-24(28)26(17-22-11-7-15-30-22)13-12-21-10-6-14-29-21/h3-11,14-15H,12-13,16-17H2,1-2H3. The minimum absolute atomic E-state index is 0.152. The highest BCUT2D eigenvalue weighted by atomic mass is 32.1. The number of benzene rings is 1. The molecule has 4 rings (SSSR count). The smallest absolute Gasteiger partial charge is 0.227 e. The zero-order valence-corrected chi connectivity index (χ0v) is 18.9. The highest BCUT2D eigenvalue weighted by Gasteiger charge is 2.20. The lowest BCUT2D eigenvalue weighted by Crippen LogP contribution is -2.33. The largest absolute Gasteiger partial charge is 0.337 e. The average Bonchev–Trinajstić information content (AvgIpc) is 3.51. The van der Waals surface area contributed by atoms with Crippen LogP contribution >= 0.6 is 22.7 Å². The molecule has 3 heterocycles. The van der Waals surface area contributed by atoms with Gasteiger partial charge in [0.2, 0.25) is 5.91 Å². The molecule has 0 saturated heterocycles. The lowest BCUT2D eigenvalue weighted by Gasteiger charge is -2.22. The Morgan fingerprint density at radius 1 is 0.967 bits per heavy atom. The van der Waals surface area contributed by atoms with E-state index in [4.69, 9.17) is 5.10 Å². The van der Waals surface area contributed by atoms with Crippen LogP contribution in [0.2, 0.25) is 0 Å². The van der Waals surface area contributed by atoms with Gasteiger partial charge in [-0.15, -0.1) is 22.7 Å². The summed E-state index contributed by atoms with van der Waals surface area (Å²) < 4.78 is 1.94. The van der Waals surface area contributed by atoms with E-state index >= 15 is 0 Å². The molecule has 0 radical (unpaired) electrons. The summed E-state index contributed by atoms with van der Waals surface area (Å²) in [7, 11) is 0. The highest BCUT2D eigenvalue weighted by Crippen LogP contribution is 2.21. The second kappa shape index (κ2) is 9.41. The summed E-state index contributed by atoms with van der Waals surface area (Å²) in [4.78, 5) is 17.9. The van der Waals surface area contributed by atoms with Crippen molar-refractivity contribution in [1.29, 1.82) is 0 Å². The molecule has 3 aromatic heterocycles. The van der Waals surface area contributed by atoms with E-state index in [1.165, 1.54) is 9.75 Å². The SMILES string of the molecule is Cc1nn(-c2ccccc2)c(C)c1CC(=O)N(CCc1cccs1)Cc1cccs1. The normalized spacial score (nSPS) is 11.0. The van der Waals surface area contributed by atoms with Gasteiger partial charge in [0.25, 0.3) is 0 Å². The predicted molar refractivity (Wildman–Crippen MR) is 125 cm³/mol. The van der Waals surface area contributed by atoms with Gasteiger partial charge in [-0.05, 0) is 55.3 Å². The third kappa shape index (κ3) is 4.71. The van der Waals surface area contributed by atoms with Crippen LogP contribution in [0.3, 0.4) is 0 Å². The minimum Gasteiger partial charge on any atom is -0.337 e. The second-order valence-electron chi connectivity index (χ2n) is 7.30. The quantitative estimate of drug-likeness (QED) is 0.370. The molecule has 0 bridgehead atoms. The van der Waals surface area contributed by atoms with Crippen LogP contribution in [0.15, 0.2) is 65.4 Å². The van der Waals surface area contributed by atoms with E-state index in [2.05, 4.69) is 29.0 Å². The van der Waals surface area contributed by atoms with Crippen molar-refractivity contribution < 1.29 is 4.79 Å². The van der Waals surface area contributed by atoms with Crippen LogP contribution in [-0.2, 0) is 24.2 Å². The second-order valence-corrected chi connectivity index (χ2v) is 9.36. The summed E-state index contributed by atoms with van der Waals surface area (Å²) in [5.74, 6) is 0.152. The number of carbonyl (C=O) groups is 1. The van der Waals surface area contributed by atoms with E-state index in [9.17, 15) is 4.79 Å². The molecule has 0 saturated carbocycles. The molecule has 0 fully saturated rings. The summed E-state index contributed by atoms with van der Waals surface area (Å²) in [5.41, 5.74) is 3.99. The number of nitrogens with zero attached hydrogens (tertiary/aromatic N) is 3. The first-order chi connectivity index (χ1) is 14.6. The van der Waals surface area contributed by atoms with Crippen LogP contribution in [0.5, 0.6) is 0 Å². The molecule has 6 heteroatoms. The molecule has 0 aliphatic carbocycles. The van der Waals surface area contributed by atoms with E-state index in [0.717, 1.165) is 35.6 Å². The van der Waals surface area contributed by atoms with Crippen molar-refractivity contribution in [2.75, 3.05) is 6.54 Å². The van der Waals surface area contributed by atoms with E-state index in [0.29, 0.717) is 13.0 Å². The topological polar surface area (TPSA) is 38.1 Å². The van der Waals surface area contributed by atoms with Gasteiger partial charge in [0.05, 0.1) is 24.3 Å². The third-order valence-electron chi connectivity index (χ3n) is 5.26.